The van der Waals surface area contributed by atoms with Gasteiger partial charge in [0.15, 0.2) is 5.11 Å². The standard InChI is InChI=1S/C24H23Cl2N3O2S2/c1-31-23(30)18-14-21(17-5-3-2-4-6-17)33-22(18)27-24(32)29-11-9-28(10-12-29)15-16-7-8-19(25)20(26)13-16/h2-8,13-14H,9-12,15H2,1H3,(H,27,32). The first kappa shape index (κ1) is 24.0. The van der Waals surface area contributed by atoms with Crippen molar-refractivity contribution in [2.75, 3.05) is 38.6 Å². The maximum Gasteiger partial charge on any atom is 0.340 e. The highest BCUT2D eigenvalue weighted by Crippen LogP contribution is 2.36. The zero-order valence-electron chi connectivity index (χ0n) is 18.0. The second-order valence-corrected chi connectivity index (χ2v) is 9.91. The second-order valence-electron chi connectivity index (χ2n) is 7.65. The van der Waals surface area contributed by atoms with E-state index in [1.165, 1.54) is 18.4 Å². The Morgan fingerprint density at radius 1 is 1.06 bits per heavy atom. The summed E-state index contributed by atoms with van der Waals surface area (Å²) in [5.41, 5.74) is 2.66. The minimum atomic E-state index is -0.384. The molecule has 0 amide bonds. The number of nitrogens with one attached hydrogen (secondary N) is 1. The van der Waals surface area contributed by atoms with Crippen LogP contribution in [0.5, 0.6) is 0 Å². The van der Waals surface area contributed by atoms with Crippen molar-refractivity contribution in [1.82, 2.24) is 9.80 Å². The number of ether oxygens (including phenoxy) is 1. The van der Waals surface area contributed by atoms with Crippen molar-refractivity contribution in [3.05, 3.63) is 75.8 Å². The Morgan fingerprint density at radius 3 is 2.45 bits per heavy atom. The van der Waals surface area contributed by atoms with Gasteiger partial charge in [-0.1, -0.05) is 59.6 Å². The van der Waals surface area contributed by atoms with E-state index in [1.54, 1.807) is 0 Å². The summed E-state index contributed by atoms with van der Waals surface area (Å²) < 4.78 is 4.99. The van der Waals surface area contributed by atoms with E-state index >= 15 is 0 Å². The van der Waals surface area contributed by atoms with Crippen LogP contribution in [0.25, 0.3) is 10.4 Å². The van der Waals surface area contributed by atoms with Crippen LogP contribution in [0.4, 0.5) is 5.00 Å². The SMILES string of the molecule is COC(=O)c1cc(-c2ccccc2)sc1NC(=S)N1CCN(Cc2ccc(Cl)c(Cl)c2)CC1. The van der Waals surface area contributed by atoms with Gasteiger partial charge in [-0.2, -0.15) is 0 Å². The van der Waals surface area contributed by atoms with Crippen LogP contribution in [0.2, 0.25) is 10.0 Å². The molecule has 0 radical (unpaired) electrons. The van der Waals surface area contributed by atoms with Gasteiger partial charge < -0.3 is 15.0 Å². The molecule has 1 aromatic heterocycles. The zero-order chi connectivity index (χ0) is 23.4. The Bertz CT molecular complexity index is 1150. The third-order valence-electron chi connectivity index (χ3n) is 5.47. The summed E-state index contributed by atoms with van der Waals surface area (Å²) in [7, 11) is 1.39. The van der Waals surface area contributed by atoms with Crippen molar-refractivity contribution in [1.29, 1.82) is 0 Å². The Labute approximate surface area is 212 Å². The molecule has 2 heterocycles. The average molecular weight is 521 g/mol. The highest BCUT2D eigenvalue weighted by atomic mass is 35.5. The topological polar surface area (TPSA) is 44.8 Å². The van der Waals surface area contributed by atoms with E-state index in [-0.39, 0.29) is 5.97 Å². The number of nitrogens with zero attached hydrogens (tertiary/aromatic N) is 2. The van der Waals surface area contributed by atoms with Crippen molar-refractivity contribution in [2.45, 2.75) is 6.54 Å². The quantitative estimate of drug-likeness (QED) is 0.328. The van der Waals surface area contributed by atoms with Crippen molar-refractivity contribution in [3.63, 3.8) is 0 Å². The third-order valence-corrected chi connectivity index (χ3v) is 7.66. The fraction of sp³-hybridized carbons (Fsp3) is 0.250. The number of methoxy groups -OCH3 is 1. The molecule has 1 aliphatic heterocycles. The van der Waals surface area contributed by atoms with Gasteiger partial charge in [0.25, 0.3) is 0 Å². The summed E-state index contributed by atoms with van der Waals surface area (Å²) >= 11 is 19.3. The molecule has 4 rings (SSSR count). The smallest absolute Gasteiger partial charge is 0.340 e. The lowest BCUT2D eigenvalue weighted by atomic mass is 10.1. The lowest BCUT2D eigenvalue weighted by Gasteiger charge is -2.36. The van der Waals surface area contributed by atoms with E-state index in [9.17, 15) is 4.79 Å². The predicted molar refractivity (Wildman–Crippen MR) is 141 cm³/mol. The van der Waals surface area contributed by atoms with Gasteiger partial charge in [0.05, 0.1) is 22.7 Å². The molecule has 3 aromatic rings. The lowest BCUT2D eigenvalue weighted by molar-refractivity contribution is 0.0602. The molecule has 1 aliphatic rings. The monoisotopic (exact) mass is 519 g/mol. The number of benzene rings is 2. The van der Waals surface area contributed by atoms with E-state index in [4.69, 9.17) is 40.2 Å². The van der Waals surface area contributed by atoms with Gasteiger partial charge in [-0.3, -0.25) is 4.90 Å². The summed E-state index contributed by atoms with van der Waals surface area (Å²) in [5, 5.41) is 5.73. The lowest BCUT2D eigenvalue weighted by Crippen LogP contribution is -2.49. The fourth-order valence-electron chi connectivity index (χ4n) is 3.67. The largest absolute Gasteiger partial charge is 0.465 e. The molecule has 1 N–H and O–H groups in total. The number of piperazine rings is 1. The van der Waals surface area contributed by atoms with Gasteiger partial charge in [-0.25, -0.2) is 4.79 Å². The Balaban J connectivity index is 1.40. The van der Waals surface area contributed by atoms with Crippen LogP contribution in [0.15, 0.2) is 54.6 Å². The predicted octanol–water partition coefficient (Wildman–Crippen LogP) is 6.02. The normalized spacial score (nSPS) is 14.2. The molecule has 9 heteroatoms. The summed E-state index contributed by atoms with van der Waals surface area (Å²) in [6, 6.07) is 17.5. The molecule has 0 spiro atoms. The van der Waals surface area contributed by atoms with Gasteiger partial charge in [0, 0.05) is 37.6 Å². The van der Waals surface area contributed by atoms with Gasteiger partial charge in [0.2, 0.25) is 0 Å². The van der Waals surface area contributed by atoms with Crippen LogP contribution in [-0.4, -0.2) is 54.2 Å². The van der Waals surface area contributed by atoms with E-state index < -0.39 is 0 Å². The first-order valence-electron chi connectivity index (χ1n) is 10.4. The van der Waals surface area contributed by atoms with E-state index in [0.717, 1.165) is 48.7 Å². The van der Waals surface area contributed by atoms with Crippen molar-refractivity contribution in [2.24, 2.45) is 0 Å². The van der Waals surface area contributed by atoms with E-state index in [1.807, 2.05) is 54.6 Å². The highest BCUT2D eigenvalue weighted by Gasteiger charge is 2.23. The van der Waals surface area contributed by atoms with Crippen LogP contribution in [0, 0.1) is 0 Å². The highest BCUT2D eigenvalue weighted by molar-refractivity contribution is 7.80. The maximum atomic E-state index is 12.4. The van der Waals surface area contributed by atoms with Gasteiger partial charge >= 0.3 is 5.97 Å². The maximum absolute atomic E-state index is 12.4. The number of carbonyl (C=O) groups is 1. The fourth-order valence-corrected chi connectivity index (χ4v) is 5.39. The van der Waals surface area contributed by atoms with Crippen LogP contribution < -0.4 is 5.32 Å². The van der Waals surface area contributed by atoms with Gasteiger partial charge in [-0.05, 0) is 41.5 Å². The number of thiophene rings is 1. The molecule has 0 bridgehead atoms. The van der Waals surface area contributed by atoms with Gasteiger partial charge in [0.1, 0.15) is 5.00 Å². The molecule has 172 valence electrons. The molecular weight excluding hydrogens is 497 g/mol. The summed E-state index contributed by atoms with van der Waals surface area (Å²) in [5.74, 6) is -0.384. The molecule has 0 saturated carbocycles. The summed E-state index contributed by atoms with van der Waals surface area (Å²) in [6.45, 7) is 4.12. The number of thiocarbonyl (C=S) groups is 1. The first-order valence-corrected chi connectivity index (χ1v) is 12.4. The van der Waals surface area contributed by atoms with E-state index in [2.05, 4.69) is 15.1 Å². The minimum absolute atomic E-state index is 0.384. The molecular formula is C24H23Cl2N3O2S2. The molecule has 2 aromatic carbocycles. The van der Waals surface area contributed by atoms with Gasteiger partial charge in [-0.15, -0.1) is 11.3 Å². The molecule has 1 saturated heterocycles. The zero-order valence-corrected chi connectivity index (χ0v) is 21.2. The molecule has 33 heavy (non-hydrogen) atoms. The number of rotatable bonds is 5. The van der Waals surface area contributed by atoms with Crippen molar-refractivity contribution < 1.29 is 9.53 Å². The number of halogens is 2. The molecule has 0 aliphatic carbocycles. The molecule has 0 atom stereocenters. The van der Waals surface area contributed by atoms with Crippen LogP contribution in [-0.2, 0) is 11.3 Å². The first-order chi connectivity index (χ1) is 15.9. The number of anilines is 1. The third kappa shape index (κ3) is 5.86. The Kier molecular flexibility index (Phi) is 7.88. The molecule has 5 nitrogen and oxygen atoms in total. The van der Waals surface area contributed by atoms with Crippen molar-refractivity contribution >= 4 is 62.8 Å². The Hall–Kier alpha value is -2.16. The summed E-state index contributed by atoms with van der Waals surface area (Å²) in [4.78, 5) is 17.8. The number of carbonyl (C=O) groups excluding carboxylic acids is 1. The number of hydrogen-bond acceptors (Lipinski definition) is 5. The summed E-state index contributed by atoms with van der Waals surface area (Å²) in [6.07, 6.45) is 0. The molecule has 0 unspecified atom stereocenters. The van der Waals surface area contributed by atoms with Crippen molar-refractivity contribution in [3.8, 4) is 10.4 Å². The number of hydrogen-bond donors (Lipinski definition) is 1. The average Bonchev–Trinajstić information content (AvgIpc) is 3.25. The second kappa shape index (κ2) is 10.8. The minimum Gasteiger partial charge on any atom is -0.465 e. The number of esters is 1. The van der Waals surface area contributed by atoms with E-state index in [0.29, 0.717) is 25.7 Å². The van der Waals surface area contributed by atoms with Crippen LogP contribution in [0.1, 0.15) is 15.9 Å². The van der Waals surface area contributed by atoms with Crippen LogP contribution in [0.3, 0.4) is 0 Å². The molecule has 1 fully saturated rings. The Morgan fingerprint density at radius 2 is 1.79 bits per heavy atom. The van der Waals surface area contributed by atoms with Crippen LogP contribution >= 0.6 is 46.8 Å².